The van der Waals surface area contributed by atoms with Gasteiger partial charge in [-0.15, -0.1) is 0 Å². The van der Waals surface area contributed by atoms with Crippen LogP contribution in [0.4, 0.5) is 10.5 Å². The number of anilines is 1. The van der Waals surface area contributed by atoms with Gasteiger partial charge in [0.25, 0.3) is 0 Å². The summed E-state index contributed by atoms with van der Waals surface area (Å²) in [6, 6.07) is 14.3. The third kappa shape index (κ3) is 4.72. The average Bonchev–Trinajstić information content (AvgIpc) is 2.93. The maximum atomic E-state index is 13.0. The molecule has 0 unspecified atom stereocenters. The maximum absolute atomic E-state index is 13.0. The van der Waals surface area contributed by atoms with Crippen LogP contribution in [-0.4, -0.2) is 27.4 Å². The summed E-state index contributed by atoms with van der Waals surface area (Å²) in [6.07, 6.45) is 0. The largest absolute Gasteiger partial charge is 0.328 e. The van der Waals surface area contributed by atoms with Crippen LogP contribution in [0, 0.1) is 0 Å². The first-order chi connectivity index (χ1) is 12.3. The zero-order chi connectivity index (χ0) is 18.7. The SMILES string of the molecule is CC1(C)CN=C(N(Cc2ccccc2Cl)C(=O)Nc2cccc(Cl)c2)S1. The molecule has 4 nitrogen and oxygen atoms in total. The third-order valence-electron chi connectivity index (χ3n) is 3.80. The Hall–Kier alpha value is -1.69. The fraction of sp³-hybridized carbons (Fsp3) is 0.263. The minimum atomic E-state index is -0.267. The number of urea groups is 1. The lowest BCUT2D eigenvalue weighted by molar-refractivity contribution is 0.233. The predicted molar refractivity (Wildman–Crippen MR) is 111 cm³/mol. The summed E-state index contributed by atoms with van der Waals surface area (Å²) in [5.41, 5.74) is 1.50. The van der Waals surface area contributed by atoms with Crippen molar-refractivity contribution in [1.29, 1.82) is 0 Å². The van der Waals surface area contributed by atoms with Crippen molar-refractivity contribution in [3.05, 3.63) is 64.1 Å². The molecule has 1 N–H and O–H groups in total. The van der Waals surface area contributed by atoms with Crippen molar-refractivity contribution in [2.24, 2.45) is 4.99 Å². The molecular formula is C19H19Cl2N3OS. The van der Waals surface area contributed by atoms with E-state index in [1.54, 1.807) is 40.9 Å². The minimum absolute atomic E-state index is 0.0373. The van der Waals surface area contributed by atoms with Crippen LogP contribution in [0.3, 0.4) is 0 Å². The van der Waals surface area contributed by atoms with Crippen LogP contribution in [0.1, 0.15) is 19.4 Å². The first-order valence-electron chi connectivity index (χ1n) is 8.15. The van der Waals surface area contributed by atoms with E-state index in [2.05, 4.69) is 24.2 Å². The van der Waals surface area contributed by atoms with Gasteiger partial charge >= 0.3 is 6.03 Å². The number of hydrogen-bond donors (Lipinski definition) is 1. The Kier molecular flexibility index (Phi) is 5.80. The van der Waals surface area contributed by atoms with Crippen LogP contribution in [0.15, 0.2) is 53.5 Å². The zero-order valence-electron chi connectivity index (χ0n) is 14.5. The molecule has 7 heteroatoms. The van der Waals surface area contributed by atoms with Crippen LogP contribution in [0.2, 0.25) is 10.0 Å². The number of rotatable bonds is 3. The number of nitrogens with one attached hydrogen (secondary N) is 1. The second-order valence-electron chi connectivity index (χ2n) is 6.58. The van der Waals surface area contributed by atoms with E-state index in [4.69, 9.17) is 23.2 Å². The Balaban J connectivity index is 1.85. The lowest BCUT2D eigenvalue weighted by Crippen LogP contribution is -2.38. The fourth-order valence-corrected chi connectivity index (χ4v) is 3.89. The van der Waals surface area contributed by atoms with Crippen molar-refractivity contribution in [2.45, 2.75) is 25.1 Å². The number of halogens is 2. The molecule has 3 rings (SSSR count). The lowest BCUT2D eigenvalue weighted by Gasteiger charge is -2.24. The van der Waals surface area contributed by atoms with Gasteiger partial charge in [-0.1, -0.05) is 59.2 Å². The van der Waals surface area contributed by atoms with Gasteiger partial charge in [-0.05, 0) is 43.7 Å². The van der Waals surface area contributed by atoms with Crippen molar-refractivity contribution >= 4 is 51.8 Å². The Morgan fingerprint density at radius 3 is 2.65 bits per heavy atom. The van der Waals surface area contributed by atoms with Crippen molar-refractivity contribution in [1.82, 2.24) is 4.90 Å². The van der Waals surface area contributed by atoms with Crippen LogP contribution in [-0.2, 0) is 6.54 Å². The topological polar surface area (TPSA) is 44.7 Å². The fourth-order valence-electron chi connectivity index (χ4n) is 2.49. The van der Waals surface area contributed by atoms with E-state index in [0.717, 1.165) is 5.56 Å². The highest BCUT2D eigenvalue weighted by molar-refractivity contribution is 8.15. The molecule has 2 aromatic carbocycles. The minimum Gasteiger partial charge on any atom is -0.307 e. The van der Waals surface area contributed by atoms with Gasteiger partial charge < -0.3 is 5.32 Å². The van der Waals surface area contributed by atoms with Crippen molar-refractivity contribution in [2.75, 3.05) is 11.9 Å². The van der Waals surface area contributed by atoms with E-state index < -0.39 is 0 Å². The molecule has 1 heterocycles. The summed E-state index contributed by atoms with van der Waals surface area (Å²) in [4.78, 5) is 19.2. The molecule has 1 aliphatic rings. The summed E-state index contributed by atoms with van der Waals surface area (Å²) in [5.74, 6) is 0. The quantitative estimate of drug-likeness (QED) is 0.686. The maximum Gasteiger partial charge on any atom is 0.328 e. The standard InChI is InChI=1S/C19H19Cl2N3OS/c1-19(2)12-22-18(26-19)24(11-13-6-3-4-9-16(13)21)17(25)23-15-8-5-7-14(20)10-15/h3-10H,11-12H2,1-2H3,(H,23,25). The van der Waals surface area contributed by atoms with Crippen LogP contribution >= 0.6 is 35.0 Å². The number of thioether (sulfide) groups is 1. The zero-order valence-corrected chi connectivity index (χ0v) is 16.8. The highest BCUT2D eigenvalue weighted by Gasteiger charge is 2.33. The average molecular weight is 408 g/mol. The van der Waals surface area contributed by atoms with Gasteiger partial charge in [0.2, 0.25) is 0 Å². The van der Waals surface area contributed by atoms with E-state index in [1.165, 1.54) is 0 Å². The summed E-state index contributed by atoms with van der Waals surface area (Å²) >= 11 is 13.9. The highest BCUT2D eigenvalue weighted by Crippen LogP contribution is 2.34. The van der Waals surface area contributed by atoms with Gasteiger partial charge in [0.15, 0.2) is 5.17 Å². The van der Waals surface area contributed by atoms with Gasteiger partial charge in [-0.2, -0.15) is 0 Å². The number of amides is 2. The predicted octanol–water partition coefficient (Wildman–Crippen LogP) is 5.91. The first-order valence-corrected chi connectivity index (χ1v) is 9.72. The Morgan fingerprint density at radius 1 is 1.23 bits per heavy atom. The Morgan fingerprint density at radius 2 is 2.00 bits per heavy atom. The van der Waals surface area contributed by atoms with Crippen LogP contribution in [0.5, 0.6) is 0 Å². The number of hydrogen-bond acceptors (Lipinski definition) is 3. The molecule has 0 aromatic heterocycles. The van der Waals surface area contributed by atoms with Crippen molar-refractivity contribution in [3.63, 3.8) is 0 Å². The molecule has 0 radical (unpaired) electrons. The number of benzene rings is 2. The summed E-state index contributed by atoms with van der Waals surface area (Å²) in [6.45, 7) is 5.22. The molecular weight excluding hydrogens is 389 g/mol. The number of nitrogens with zero attached hydrogens (tertiary/aromatic N) is 2. The summed E-state index contributed by atoms with van der Waals surface area (Å²) < 4.78 is -0.0373. The first kappa shape index (κ1) is 19.1. The molecule has 2 amide bonds. The van der Waals surface area contributed by atoms with E-state index in [1.807, 2.05) is 24.3 Å². The molecule has 0 saturated heterocycles. The number of carbonyl (C=O) groups excluding carboxylic acids is 1. The molecule has 0 aliphatic carbocycles. The van der Waals surface area contributed by atoms with E-state index in [0.29, 0.717) is 34.0 Å². The van der Waals surface area contributed by atoms with Crippen LogP contribution in [0.25, 0.3) is 0 Å². The smallest absolute Gasteiger partial charge is 0.307 e. The van der Waals surface area contributed by atoms with Gasteiger partial charge in [0, 0.05) is 20.5 Å². The third-order valence-corrected chi connectivity index (χ3v) is 5.62. The second-order valence-corrected chi connectivity index (χ2v) is 9.10. The monoisotopic (exact) mass is 407 g/mol. The Labute approximate surface area is 167 Å². The molecule has 136 valence electrons. The van der Waals surface area contributed by atoms with Gasteiger partial charge in [-0.25, -0.2) is 4.79 Å². The van der Waals surface area contributed by atoms with Crippen molar-refractivity contribution in [3.8, 4) is 0 Å². The molecule has 1 aliphatic heterocycles. The second kappa shape index (κ2) is 7.91. The highest BCUT2D eigenvalue weighted by atomic mass is 35.5. The van der Waals surface area contributed by atoms with E-state index >= 15 is 0 Å². The van der Waals surface area contributed by atoms with Crippen molar-refractivity contribution < 1.29 is 4.79 Å². The molecule has 0 bridgehead atoms. The molecule has 0 atom stereocenters. The summed E-state index contributed by atoms with van der Waals surface area (Å²) in [7, 11) is 0. The number of carbonyl (C=O) groups is 1. The normalized spacial score (nSPS) is 15.5. The molecule has 0 fully saturated rings. The van der Waals surface area contributed by atoms with E-state index in [-0.39, 0.29) is 10.8 Å². The van der Waals surface area contributed by atoms with Gasteiger partial charge in [0.1, 0.15) is 0 Å². The molecule has 2 aromatic rings. The molecule has 26 heavy (non-hydrogen) atoms. The Bertz CT molecular complexity index is 854. The van der Waals surface area contributed by atoms with Gasteiger partial charge in [0.05, 0.1) is 13.1 Å². The molecule has 0 spiro atoms. The van der Waals surface area contributed by atoms with Gasteiger partial charge in [-0.3, -0.25) is 9.89 Å². The van der Waals surface area contributed by atoms with E-state index in [9.17, 15) is 4.79 Å². The number of aliphatic imine (C=N–C) groups is 1. The lowest BCUT2D eigenvalue weighted by atomic mass is 10.2. The summed E-state index contributed by atoms with van der Waals surface area (Å²) in [5, 5.41) is 4.77. The molecule has 0 saturated carbocycles. The van der Waals surface area contributed by atoms with Crippen LogP contribution < -0.4 is 5.32 Å². The number of amidine groups is 1.